The Kier molecular flexibility index (Phi) is 6.94. The first-order valence-corrected chi connectivity index (χ1v) is 6.49. The molecule has 0 saturated heterocycles. The minimum Gasteiger partial charge on any atom is -0.490 e. The third kappa shape index (κ3) is 6.07. The van der Waals surface area contributed by atoms with Crippen LogP contribution in [0.3, 0.4) is 0 Å². The van der Waals surface area contributed by atoms with Crippen molar-refractivity contribution < 1.29 is 14.4 Å². The molecule has 0 radical (unpaired) electrons. The van der Waals surface area contributed by atoms with Crippen LogP contribution in [0.15, 0.2) is 36.9 Å². The van der Waals surface area contributed by atoms with Crippen molar-refractivity contribution in [1.29, 1.82) is 0 Å². The molecule has 20 heavy (non-hydrogen) atoms. The summed E-state index contributed by atoms with van der Waals surface area (Å²) in [6.07, 6.45) is 6.80. The van der Waals surface area contributed by atoms with E-state index in [2.05, 4.69) is 17.8 Å². The van der Waals surface area contributed by atoms with Crippen LogP contribution in [0.25, 0.3) is 0 Å². The fourth-order valence-electron chi connectivity index (χ4n) is 1.76. The van der Waals surface area contributed by atoms with Gasteiger partial charge < -0.3 is 15.0 Å². The Morgan fingerprint density at radius 1 is 1.50 bits per heavy atom. The van der Waals surface area contributed by atoms with E-state index in [-0.39, 0.29) is 12.5 Å². The molecule has 1 rings (SSSR count). The lowest BCUT2D eigenvalue weighted by atomic mass is 10.2. The summed E-state index contributed by atoms with van der Waals surface area (Å²) in [6, 6.07) is 7.84. The van der Waals surface area contributed by atoms with Gasteiger partial charge in [0.05, 0.1) is 13.6 Å². The molecular weight excluding hydrogens is 252 g/mol. The van der Waals surface area contributed by atoms with Crippen molar-refractivity contribution in [1.82, 2.24) is 5.32 Å². The molecule has 106 valence electrons. The average Bonchev–Trinajstić information content (AvgIpc) is 2.44. The summed E-state index contributed by atoms with van der Waals surface area (Å²) in [6.45, 7) is 5.55. The van der Waals surface area contributed by atoms with Crippen LogP contribution in [-0.2, 0) is 11.3 Å². The van der Waals surface area contributed by atoms with Gasteiger partial charge in [-0.2, -0.15) is 0 Å². The first-order valence-electron chi connectivity index (χ1n) is 6.49. The summed E-state index contributed by atoms with van der Waals surface area (Å²) in [5.41, 5.74) is 1.15. The van der Waals surface area contributed by atoms with Crippen LogP contribution >= 0.6 is 0 Å². The van der Waals surface area contributed by atoms with E-state index in [1.807, 2.05) is 31.3 Å². The molecule has 1 atom stereocenters. The number of benzene rings is 1. The molecule has 1 amide bonds. The van der Waals surface area contributed by atoms with Gasteiger partial charge in [0.25, 0.3) is 5.91 Å². The summed E-state index contributed by atoms with van der Waals surface area (Å²) < 4.78 is 5.42. The van der Waals surface area contributed by atoms with Gasteiger partial charge in [0, 0.05) is 5.56 Å². The number of rotatable bonds is 8. The van der Waals surface area contributed by atoms with Gasteiger partial charge >= 0.3 is 0 Å². The number of amides is 1. The highest BCUT2D eigenvalue weighted by molar-refractivity contribution is 5.77. The number of carbonyl (C=O) groups is 1. The molecule has 0 aliphatic rings. The lowest BCUT2D eigenvalue weighted by molar-refractivity contribution is -0.885. The summed E-state index contributed by atoms with van der Waals surface area (Å²) in [4.78, 5) is 12.6. The van der Waals surface area contributed by atoms with E-state index < -0.39 is 0 Å². The molecule has 4 heteroatoms. The molecule has 0 fully saturated rings. The Morgan fingerprint density at radius 2 is 2.20 bits per heavy atom. The maximum atomic E-state index is 11.5. The van der Waals surface area contributed by atoms with Gasteiger partial charge in [-0.15, -0.1) is 6.42 Å². The number of terminal acetylenes is 1. The maximum Gasteiger partial charge on any atom is 0.275 e. The first kappa shape index (κ1) is 15.8. The van der Waals surface area contributed by atoms with Crippen LogP contribution in [0.1, 0.15) is 5.56 Å². The van der Waals surface area contributed by atoms with Crippen molar-refractivity contribution in [3.63, 3.8) is 0 Å². The predicted molar refractivity (Wildman–Crippen MR) is 79.4 cm³/mol. The SMILES string of the molecule is C#CCNC(=O)C[NH+](C)Cc1ccc(OCC=C)cc1. The molecule has 4 nitrogen and oxygen atoms in total. The average molecular weight is 273 g/mol. The normalized spacial score (nSPS) is 11.2. The Balaban J connectivity index is 2.41. The monoisotopic (exact) mass is 273 g/mol. The third-order valence-corrected chi connectivity index (χ3v) is 2.65. The third-order valence-electron chi connectivity index (χ3n) is 2.65. The number of ether oxygens (including phenoxy) is 1. The van der Waals surface area contributed by atoms with Gasteiger partial charge in [-0.25, -0.2) is 0 Å². The number of carbonyl (C=O) groups excluding carboxylic acids is 1. The molecular formula is C16H21N2O2+. The number of nitrogens with one attached hydrogen (secondary N) is 2. The molecule has 0 aliphatic carbocycles. The van der Waals surface area contributed by atoms with E-state index in [1.165, 1.54) is 0 Å². The lowest BCUT2D eigenvalue weighted by Crippen LogP contribution is -3.08. The molecule has 1 unspecified atom stereocenters. The predicted octanol–water partition coefficient (Wildman–Crippen LogP) is 0.0155. The summed E-state index contributed by atoms with van der Waals surface area (Å²) >= 11 is 0. The van der Waals surface area contributed by atoms with Crippen molar-refractivity contribution in [3.05, 3.63) is 42.5 Å². The number of likely N-dealkylation sites (N-methyl/N-ethyl adjacent to an activating group) is 1. The number of quaternary nitrogens is 1. The smallest absolute Gasteiger partial charge is 0.275 e. The minimum absolute atomic E-state index is 0.0358. The van der Waals surface area contributed by atoms with E-state index in [9.17, 15) is 4.79 Å². The molecule has 0 heterocycles. The second kappa shape index (κ2) is 8.78. The molecule has 2 N–H and O–H groups in total. The van der Waals surface area contributed by atoms with Crippen molar-refractivity contribution in [3.8, 4) is 18.1 Å². The summed E-state index contributed by atoms with van der Waals surface area (Å²) in [7, 11) is 1.97. The van der Waals surface area contributed by atoms with E-state index in [0.717, 1.165) is 22.8 Å². The van der Waals surface area contributed by atoms with E-state index >= 15 is 0 Å². The molecule has 0 spiro atoms. The van der Waals surface area contributed by atoms with E-state index in [4.69, 9.17) is 11.2 Å². The van der Waals surface area contributed by atoms with Crippen molar-refractivity contribution in [2.75, 3.05) is 26.7 Å². The van der Waals surface area contributed by atoms with Crippen LogP contribution < -0.4 is 15.0 Å². The Morgan fingerprint density at radius 3 is 2.80 bits per heavy atom. The molecule has 0 saturated carbocycles. The highest BCUT2D eigenvalue weighted by Gasteiger charge is 2.09. The van der Waals surface area contributed by atoms with Crippen molar-refractivity contribution >= 4 is 5.91 Å². The summed E-state index contributed by atoms with van der Waals surface area (Å²) in [5, 5.41) is 2.66. The van der Waals surface area contributed by atoms with Gasteiger partial charge in [0.15, 0.2) is 6.54 Å². The zero-order valence-corrected chi connectivity index (χ0v) is 11.8. The highest BCUT2D eigenvalue weighted by Crippen LogP contribution is 2.11. The number of hydrogen-bond acceptors (Lipinski definition) is 2. The molecule has 0 aliphatic heterocycles. The van der Waals surface area contributed by atoms with Gasteiger partial charge in [0.2, 0.25) is 0 Å². The lowest BCUT2D eigenvalue weighted by Gasteiger charge is -2.13. The Labute approximate surface area is 120 Å². The molecule has 1 aromatic rings. The van der Waals surface area contributed by atoms with Crippen LogP contribution in [-0.4, -0.2) is 32.7 Å². The first-order chi connectivity index (χ1) is 9.65. The van der Waals surface area contributed by atoms with Crippen molar-refractivity contribution in [2.45, 2.75) is 6.54 Å². The topological polar surface area (TPSA) is 42.8 Å². The van der Waals surface area contributed by atoms with Crippen LogP contribution in [0, 0.1) is 12.3 Å². The number of hydrogen-bond donors (Lipinski definition) is 2. The van der Waals surface area contributed by atoms with Crippen molar-refractivity contribution in [2.24, 2.45) is 0 Å². The zero-order chi connectivity index (χ0) is 14.8. The minimum atomic E-state index is -0.0358. The van der Waals surface area contributed by atoms with Gasteiger partial charge in [-0.1, -0.05) is 18.6 Å². The fraction of sp³-hybridized carbons (Fsp3) is 0.312. The van der Waals surface area contributed by atoms with Crippen LogP contribution in [0.2, 0.25) is 0 Å². The largest absolute Gasteiger partial charge is 0.490 e. The van der Waals surface area contributed by atoms with E-state index in [1.54, 1.807) is 6.08 Å². The molecule has 0 aromatic heterocycles. The molecule has 0 bridgehead atoms. The zero-order valence-electron chi connectivity index (χ0n) is 11.8. The quantitative estimate of drug-likeness (QED) is 0.518. The second-order valence-corrected chi connectivity index (χ2v) is 4.54. The van der Waals surface area contributed by atoms with Crippen LogP contribution in [0.5, 0.6) is 5.75 Å². The Hall–Kier alpha value is -2.25. The van der Waals surface area contributed by atoms with Gasteiger partial charge in [-0.3, -0.25) is 4.79 Å². The fourth-order valence-corrected chi connectivity index (χ4v) is 1.76. The van der Waals surface area contributed by atoms with Crippen LogP contribution in [0.4, 0.5) is 0 Å². The summed E-state index contributed by atoms with van der Waals surface area (Å²) in [5.74, 6) is 3.16. The van der Waals surface area contributed by atoms with E-state index in [0.29, 0.717) is 13.2 Å². The standard InChI is InChI=1S/C16H20N2O2/c1-4-10-17-16(19)13-18(3)12-14-6-8-15(9-7-14)20-11-5-2/h1,5-9H,2,10-13H2,3H3,(H,17,19)/p+1. The maximum absolute atomic E-state index is 11.5. The highest BCUT2D eigenvalue weighted by atomic mass is 16.5. The molecule has 1 aromatic carbocycles. The van der Waals surface area contributed by atoms with Gasteiger partial charge in [-0.05, 0) is 24.3 Å². The van der Waals surface area contributed by atoms with Gasteiger partial charge in [0.1, 0.15) is 18.9 Å². The second-order valence-electron chi connectivity index (χ2n) is 4.54. The Bertz CT molecular complexity index is 474.